The van der Waals surface area contributed by atoms with Crippen molar-refractivity contribution in [1.29, 1.82) is 0 Å². The van der Waals surface area contributed by atoms with Gasteiger partial charge in [0.1, 0.15) is 19.6 Å². The summed E-state index contributed by atoms with van der Waals surface area (Å²) in [4.78, 5) is 4.67. The third-order valence-electron chi connectivity index (χ3n) is 3.53. The molecular formula is C20H19NO2Si. The van der Waals surface area contributed by atoms with Gasteiger partial charge in [0.2, 0.25) is 0 Å². The number of nitrogens with zero attached hydrogens (tertiary/aromatic N) is 1. The Morgan fingerprint density at radius 3 is 2.21 bits per heavy atom. The third kappa shape index (κ3) is 3.58. The smallest absolute Gasteiger partial charge is 0.129 e. The molecule has 0 atom stereocenters. The number of benzene rings is 2. The van der Waals surface area contributed by atoms with Gasteiger partial charge in [0.15, 0.2) is 0 Å². The highest BCUT2D eigenvalue weighted by atomic mass is 28.3. The second kappa shape index (κ2) is 6.03. The van der Waals surface area contributed by atoms with E-state index in [1.807, 2.05) is 18.2 Å². The van der Waals surface area contributed by atoms with Gasteiger partial charge in [0.05, 0.1) is 11.2 Å². The van der Waals surface area contributed by atoms with E-state index in [4.69, 9.17) is 0 Å². The van der Waals surface area contributed by atoms with Gasteiger partial charge in [0, 0.05) is 16.5 Å². The largest absolute Gasteiger partial charge is 0.508 e. The highest BCUT2D eigenvalue weighted by Crippen LogP contribution is 2.28. The maximum Gasteiger partial charge on any atom is 0.129 e. The predicted octanol–water partition coefficient (Wildman–Crippen LogP) is 4.54. The van der Waals surface area contributed by atoms with Crippen LogP contribution >= 0.6 is 0 Å². The van der Waals surface area contributed by atoms with E-state index in [0.717, 1.165) is 27.7 Å². The molecule has 0 unspecified atom stereocenters. The first-order chi connectivity index (χ1) is 11.3. The van der Waals surface area contributed by atoms with E-state index in [1.54, 1.807) is 30.3 Å². The van der Waals surface area contributed by atoms with E-state index in [0.29, 0.717) is 0 Å². The van der Waals surface area contributed by atoms with Gasteiger partial charge in [-0.2, -0.15) is 0 Å². The Morgan fingerprint density at radius 2 is 1.54 bits per heavy atom. The van der Waals surface area contributed by atoms with Crippen LogP contribution in [-0.4, -0.2) is 23.3 Å². The topological polar surface area (TPSA) is 53.4 Å². The molecule has 0 amide bonds. The van der Waals surface area contributed by atoms with Gasteiger partial charge in [-0.1, -0.05) is 25.6 Å². The maximum absolute atomic E-state index is 9.80. The molecule has 4 heteroatoms. The fourth-order valence-electron chi connectivity index (χ4n) is 2.35. The zero-order valence-corrected chi connectivity index (χ0v) is 15.0. The molecule has 0 aliphatic heterocycles. The molecule has 0 saturated heterocycles. The van der Waals surface area contributed by atoms with Crippen LogP contribution in [0.5, 0.6) is 11.5 Å². The van der Waals surface area contributed by atoms with Crippen molar-refractivity contribution in [2.45, 2.75) is 19.6 Å². The summed E-state index contributed by atoms with van der Waals surface area (Å²) in [7, 11) is -1.52. The van der Waals surface area contributed by atoms with Crippen molar-refractivity contribution in [3.63, 3.8) is 0 Å². The lowest BCUT2D eigenvalue weighted by Gasteiger charge is -2.08. The van der Waals surface area contributed by atoms with Crippen LogP contribution in [0.2, 0.25) is 19.6 Å². The fraction of sp³-hybridized carbons (Fsp3) is 0.150. The summed E-state index contributed by atoms with van der Waals surface area (Å²) in [6.45, 7) is 6.59. The highest BCUT2D eigenvalue weighted by Gasteiger charge is 2.10. The van der Waals surface area contributed by atoms with E-state index in [2.05, 4.69) is 36.1 Å². The molecule has 0 spiro atoms. The number of hydrogen-bond donors (Lipinski definition) is 2. The molecule has 24 heavy (non-hydrogen) atoms. The number of phenolic OH excluding ortho intramolecular Hbond substituents is 2. The molecule has 3 rings (SSSR count). The first-order valence-electron chi connectivity index (χ1n) is 7.78. The molecule has 0 aliphatic carbocycles. The van der Waals surface area contributed by atoms with Crippen molar-refractivity contribution in [2.75, 3.05) is 0 Å². The number of hydrogen-bond acceptors (Lipinski definition) is 3. The molecule has 1 heterocycles. The zero-order chi connectivity index (χ0) is 17.3. The van der Waals surface area contributed by atoms with Gasteiger partial charge in [-0.3, -0.25) is 0 Å². The predicted molar refractivity (Wildman–Crippen MR) is 101 cm³/mol. The van der Waals surface area contributed by atoms with Crippen molar-refractivity contribution >= 4 is 19.0 Å². The SMILES string of the molecule is C[Si](C)(C)C#Cc1cc(-c2ccc(O)cc2)nc2ccc(O)cc12. The van der Waals surface area contributed by atoms with Crippen LogP contribution in [0.15, 0.2) is 48.5 Å². The maximum atomic E-state index is 9.80. The molecule has 0 bridgehead atoms. The minimum Gasteiger partial charge on any atom is -0.508 e. The van der Waals surface area contributed by atoms with Crippen molar-refractivity contribution in [3.8, 4) is 34.2 Å². The Bertz CT molecular complexity index is 961. The van der Waals surface area contributed by atoms with Crippen LogP contribution in [-0.2, 0) is 0 Å². The van der Waals surface area contributed by atoms with Crippen LogP contribution in [0, 0.1) is 11.5 Å². The number of aromatic hydroxyl groups is 2. The number of aromatic nitrogens is 1. The molecule has 0 fully saturated rings. The van der Waals surface area contributed by atoms with E-state index in [9.17, 15) is 10.2 Å². The van der Waals surface area contributed by atoms with Crippen LogP contribution in [0.3, 0.4) is 0 Å². The van der Waals surface area contributed by atoms with Crippen molar-refractivity contribution in [1.82, 2.24) is 4.98 Å². The summed E-state index contributed by atoms with van der Waals surface area (Å²) in [5.41, 5.74) is 6.74. The quantitative estimate of drug-likeness (QED) is 0.508. The summed E-state index contributed by atoms with van der Waals surface area (Å²) in [5.74, 6) is 3.72. The summed E-state index contributed by atoms with van der Waals surface area (Å²) in [5, 5.41) is 20.1. The number of phenols is 2. The van der Waals surface area contributed by atoms with Gasteiger partial charge in [-0.05, 0) is 48.5 Å². The Kier molecular flexibility index (Phi) is 4.04. The second-order valence-electron chi connectivity index (χ2n) is 6.80. The lowest BCUT2D eigenvalue weighted by atomic mass is 10.0. The molecule has 3 aromatic rings. The highest BCUT2D eigenvalue weighted by molar-refractivity contribution is 6.83. The molecule has 0 saturated carbocycles. The second-order valence-corrected chi connectivity index (χ2v) is 11.6. The van der Waals surface area contributed by atoms with Gasteiger partial charge in [-0.15, -0.1) is 5.54 Å². The Morgan fingerprint density at radius 1 is 0.875 bits per heavy atom. The van der Waals surface area contributed by atoms with Crippen LogP contribution in [0.1, 0.15) is 5.56 Å². The van der Waals surface area contributed by atoms with Crippen molar-refractivity contribution < 1.29 is 10.2 Å². The minimum absolute atomic E-state index is 0.206. The van der Waals surface area contributed by atoms with Crippen LogP contribution < -0.4 is 0 Å². The number of rotatable bonds is 1. The third-order valence-corrected chi connectivity index (χ3v) is 4.40. The average Bonchev–Trinajstić information content (AvgIpc) is 2.52. The number of fused-ring (bicyclic) bond motifs is 1. The summed E-state index contributed by atoms with van der Waals surface area (Å²) < 4.78 is 0. The van der Waals surface area contributed by atoms with Crippen molar-refractivity contribution in [2.24, 2.45) is 0 Å². The average molecular weight is 333 g/mol. The first kappa shape index (κ1) is 16.1. The van der Waals surface area contributed by atoms with Gasteiger partial charge in [0.25, 0.3) is 0 Å². The Balaban J connectivity index is 2.24. The van der Waals surface area contributed by atoms with Gasteiger partial charge < -0.3 is 10.2 Å². The summed E-state index contributed by atoms with van der Waals surface area (Å²) in [6, 6.07) is 14.0. The zero-order valence-electron chi connectivity index (χ0n) is 14.0. The molecule has 120 valence electrons. The Labute approximate surface area is 142 Å². The van der Waals surface area contributed by atoms with E-state index >= 15 is 0 Å². The summed E-state index contributed by atoms with van der Waals surface area (Å²) >= 11 is 0. The van der Waals surface area contributed by atoms with E-state index < -0.39 is 8.07 Å². The van der Waals surface area contributed by atoms with Gasteiger partial charge in [-0.25, -0.2) is 4.98 Å². The molecule has 3 nitrogen and oxygen atoms in total. The lowest BCUT2D eigenvalue weighted by Crippen LogP contribution is -2.16. The molecule has 2 N–H and O–H groups in total. The molecule has 2 aromatic carbocycles. The van der Waals surface area contributed by atoms with Crippen LogP contribution in [0.4, 0.5) is 0 Å². The minimum atomic E-state index is -1.52. The summed E-state index contributed by atoms with van der Waals surface area (Å²) in [6.07, 6.45) is 0. The number of pyridine rings is 1. The monoisotopic (exact) mass is 333 g/mol. The fourth-order valence-corrected chi connectivity index (χ4v) is 2.86. The standard InChI is InChI=1S/C20H19NO2Si/c1-24(2,3)11-10-15-12-20(14-4-6-16(22)7-5-14)21-19-9-8-17(23)13-18(15)19/h4-9,12-13,22-23H,1-3H3. The first-order valence-corrected chi connectivity index (χ1v) is 11.3. The normalized spacial score (nSPS) is 11.1. The van der Waals surface area contributed by atoms with E-state index in [1.165, 1.54) is 0 Å². The van der Waals surface area contributed by atoms with Crippen molar-refractivity contribution in [3.05, 3.63) is 54.1 Å². The molecule has 1 aromatic heterocycles. The molecule has 0 aliphatic rings. The van der Waals surface area contributed by atoms with Crippen LogP contribution in [0.25, 0.3) is 22.2 Å². The molecular weight excluding hydrogens is 314 g/mol. The molecule has 0 radical (unpaired) electrons. The van der Waals surface area contributed by atoms with E-state index in [-0.39, 0.29) is 11.5 Å². The Hall–Kier alpha value is -2.77. The van der Waals surface area contributed by atoms with Gasteiger partial charge >= 0.3 is 0 Å². The lowest BCUT2D eigenvalue weighted by molar-refractivity contribution is 0.475.